The minimum absolute atomic E-state index is 0.00897. The van der Waals surface area contributed by atoms with Gasteiger partial charge in [0, 0.05) is 5.56 Å². The molecule has 3 aromatic rings. The van der Waals surface area contributed by atoms with Crippen LogP contribution < -0.4 is 4.74 Å². The Labute approximate surface area is 185 Å². The number of hydrogen-bond donors (Lipinski definition) is 2. The fourth-order valence-corrected chi connectivity index (χ4v) is 3.53. The summed E-state index contributed by atoms with van der Waals surface area (Å²) in [5, 5.41) is 20.0. The van der Waals surface area contributed by atoms with Crippen LogP contribution in [-0.2, 0) is 0 Å². The molecule has 0 aliphatic carbocycles. The first-order chi connectivity index (χ1) is 15.1. The number of nitrogens with zero attached hydrogens (tertiary/aromatic N) is 1. The number of hydrogen-bond acceptors (Lipinski definition) is 4. The quantitative estimate of drug-likeness (QED) is 0.449. The van der Waals surface area contributed by atoms with Crippen LogP contribution in [0.25, 0.3) is 11.1 Å². The molecule has 0 unspecified atom stereocenters. The summed E-state index contributed by atoms with van der Waals surface area (Å²) >= 11 is 0. The summed E-state index contributed by atoms with van der Waals surface area (Å²) in [6.45, 7) is 7.16. The van der Waals surface area contributed by atoms with Gasteiger partial charge in [0.05, 0.1) is 22.5 Å². The summed E-state index contributed by atoms with van der Waals surface area (Å²) in [6, 6.07) is 12.4. The molecule has 0 bridgehead atoms. The number of rotatable bonds is 7. The maximum absolute atomic E-state index is 14.5. The van der Waals surface area contributed by atoms with Crippen molar-refractivity contribution in [3.8, 4) is 22.6 Å². The van der Waals surface area contributed by atoms with Crippen molar-refractivity contribution in [1.29, 1.82) is 0 Å². The van der Waals surface area contributed by atoms with E-state index >= 15 is 0 Å². The van der Waals surface area contributed by atoms with E-state index in [1.165, 1.54) is 12.1 Å². The molecular weight excluding hydrogens is 413 g/mol. The van der Waals surface area contributed by atoms with Gasteiger partial charge in [-0.1, -0.05) is 52.0 Å². The standard InChI is InChI=1S/C25H24FNO5/c1-13(2)22-20(24(28)29)19(21(25(30)31)23(27-22)14(3)4)15-10-11-17(26)18(12-15)32-16-8-6-5-7-9-16/h5-14H,1-4H3,(H,28,29)(H,30,31). The van der Waals surface area contributed by atoms with Crippen molar-refractivity contribution in [3.05, 3.63) is 76.9 Å². The number of benzene rings is 2. The van der Waals surface area contributed by atoms with E-state index in [1.807, 2.05) is 0 Å². The lowest BCUT2D eigenvalue weighted by Crippen LogP contribution is -2.18. The highest BCUT2D eigenvalue weighted by Gasteiger charge is 2.30. The zero-order valence-electron chi connectivity index (χ0n) is 18.2. The van der Waals surface area contributed by atoms with Crippen molar-refractivity contribution in [3.63, 3.8) is 0 Å². The van der Waals surface area contributed by atoms with Gasteiger partial charge in [-0.15, -0.1) is 0 Å². The van der Waals surface area contributed by atoms with Gasteiger partial charge < -0.3 is 14.9 Å². The summed E-state index contributed by atoms with van der Waals surface area (Å²) in [5.74, 6) is -3.57. The molecule has 32 heavy (non-hydrogen) atoms. The molecular formula is C25H24FNO5. The molecule has 0 saturated heterocycles. The van der Waals surface area contributed by atoms with E-state index in [4.69, 9.17) is 4.74 Å². The highest BCUT2D eigenvalue weighted by Crippen LogP contribution is 2.39. The lowest BCUT2D eigenvalue weighted by atomic mass is 9.87. The molecule has 1 heterocycles. The Hall–Kier alpha value is -3.74. The Morgan fingerprint density at radius 2 is 1.41 bits per heavy atom. The molecule has 0 radical (unpaired) electrons. The first kappa shape index (κ1) is 22.9. The largest absolute Gasteiger partial charge is 0.478 e. The average Bonchev–Trinajstić information content (AvgIpc) is 2.74. The van der Waals surface area contributed by atoms with Crippen molar-refractivity contribution in [1.82, 2.24) is 4.98 Å². The van der Waals surface area contributed by atoms with E-state index in [-0.39, 0.29) is 51.2 Å². The van der Waals surface area contributed by atoms with Crippen LogP contribution >= 0.6 is 0 Å². The molecule has 166 valence electrons. The topological polar surface area (TPSA) is 96.7 Å². The number of para-hydroxylation sites is 1. The van der Waals surface area contributed by atoms with Crippen LogP contribution in [0.1, 0.15) is 71.6 Å². The van der Waals surface area contributed by atoms with Crippen LogP contribution in [-0.4, -0.2) is 27.1 Å². The molecule has 0 fully saturated rings. The summed E-state index contributed by atoms with van der Waals surface area (Å²) in [5.41, 5.74) is 0.342. The maximum Gasteiger partial charge on any atom is 0.338 e. The second-order valence-corrected chi connectivity index (χ2v) is 7.99. The number of ether oxygens (including phenoxy) is 1. The lowest BCUT2D eigenvalue weighted by Gasteiger charge is -2.21. The molecule has 2 aromatic carbocycles. The minimum Gasteiger partial charge on any atom is -0.478 e. The van der Waals surface area contributed by atoms with Gasteiger partial charge in [0.1, 0.15) is 5.75 Å². The van der Waals surface area contributed by atoms with Gasteiger partial charge in [-0.25, -0.2) is 14.0 Å². The summed E-state index contributed by atoms with van der Waals surface area (Å²) < 4.78 is 20.2. The normalized spacial score (nSPS) is 11.1. The van der Waals surface area contributed by atoms with Gasteiger partial charge in [-0.3, -0.25) is 4.98 Å². The molecule has 0 aliphatic rings. The monoisotopic (exact) mass is 437 g/mol. The van der Waals surface area contributed by atoms with Gasteiger partial charge >= 0.3 is 11.9 Å². The van der Waals surface area contributed by atoms with E-state index < -0.39 is 17.8 Å². The number of aromatic nitrogens is 1. The molecule has 6 nitrogen and oxygen atoms in total. The average molecular weight is 437 g/mol. The van der Waals surface area contributed by atoms with Crippen molar-refractivity contribution in [2.45, 2.75) is 39.5 Å². The highest BCUT2D eigenvalue weighted by atomic mass is 19.1. The molecule has 0 spiro atoms. The minimum atomic E-state index is -1.30. The maximum atomic E-state index is 14.5. The van der Waals surface area contributed by atoms with Crippen LogP contribution in [0.4, 0.5) is 4.39 Å². The third-order valence-electron chi connectivity index (χ3n) is 4.97. The number of carboxylic acid groups (broad SMARTS) is 2. The molecule has 3 rings (SSSR count). The SMILES string of the molecule is CC(C)c1nc(C(C)C)c(C(=O)O)c(-c2ccc(F)c(Oc3ccccc3)c2)c1C(=O)O. The smallest absolute Gasteiger partial charge is 0.338 e. The predicted molar refractivity (Wildman–Crippen MR) is 118 cm³/mol. The number of carboxylic acids is 2. The number of carbonyl (C=O) groups is 2. The van der Waals surface area contributed by atoms with Crippen molar-refractivity contribution >= 4 is 11.9 Å². The number of halogens is 1. The first-order valence-corrected chi connectivity index (χ1v) is 10.2. The molecule has 0 atom stereocenters. The Morgan fingerprint density at radius 1 is 0.875 bits per heavy atom. The summed E-state index contributed by atoms with van der Waals surface area (Å²) in [4.78, 5) is 29.0. The van der Waals surface area contributed by atoms with Crippen molar-refractivity contribution in [2.75, 3.05) is 0 Å². The summed E-state index contributed by atoms with van der Waals surface area (Å²) in [6.07, 6.45) is 0. The van der Waals surface area contributed by atoms with Crippen LogP contribution in [0.3, 0.4) is 0 Å². The zero-order valence-corrected chi connectivity index (χ0v) is 18.2. The third-order valence-corrected chi connectivity index (χ3v) is 4.97. The van der Waals surface area contributed by atoms with E-state index in [0.29, 0.717) is 5.75 Å². The molecule has 0 saturated carbocycles. The fraction of sp³-hybridized carbons (Fsp3) is 0.240. The van der Waals surface area contributed by atoms with Gasteiger partial charge in [0.15, 0.2) is 11.6 Å². The highest BCUT2D eigenvalue weighted by molar-refractivity contribution is 6.06. The Morgan fingerprint density at radius 3 is 1.88 bits per heavy atom. The van der Waals surface area contributed by atoms with Gasteiger partial charge in [0.25, 0.3) is 0 Å². The van der Waals surface area contributed by atoms with E-state index in [0.717, 1.165) is 6.07 Å². The fourth-order valence-electron chi connectivity index (χ4n) is 3.53. The predicted octanol–water partition coefficient (Wildman–Crippen LogP) is 6.32. The van der Waals surface area contributed by atoms with Crippen LogP contribution in [0.15, 0.2) is 48.5 Å². The Bertz CT molecular complexity index is 1130. The van der Waals surface area contributed by atoms with E-state index in [2.05, 4.69) is 4.98 Å². The molecule has 0 amide bonds. The molecule has 1 aromatic heterocycles. The second-order valence-electron chi connectivity index (χ2n) is 7.99. The first-order valence-electron chi connectivity index (χ1n) is 10.2. The van der Waals surface area contributed by atoms with Crippen LogP contribution in [0, 0.1) is 5.82 Å². The van der Waals surface area contributed by atoms with Gasteiger partial charge in [0.2, 0.25) is 0 Å². The van der Waals surface area contributed by atoms with Crippen LogP contribution in [0.2, 0.25) is 0 Å². The van der Waals surface area contributed by atoms with Gasteiger partial charge in [-0.2, -0.15) is 0 Å². The van der Waals surface area contributed by atoms with E-state index in [9.17, 15) is 24.2 Å². The molecule has 2 N–H and O–H groups in total. The van der Waals surface area contributed by atoms with Gasteiger partial charge in [-0.05, 0) is 41.7 Å². The molecule has 0 aliphatic heterocycles. The van der Waals surface area contributed by atoms with E-state index in [1.54, 1.807) is 58.0 Å². The number of pyridine rings is 1. The zero-order chi connectivity index (χ0) is 23.6. The number of aromatic carboxylic acids is 2. The Balaban J connectivity index is 2.36. The second kappa shape index (κ2) is 9.18. The summed E-state index contributed by atoms with van der Waals surface area (Å²) in [7, 11) is 0. The molecule has 7 heteroatoms. The lowest BCUT2D eigenvalue weighted by molar-refractivity contribution is 0.0694. The Kier molecular flexibility index (Phi) is 6.58. The third kappa shape index (κ3) is 4.46. The van der Waals surface area contributed by atoms with Crippen LogP contribution in [0.5, 0.6) is 11.5 Å². The van der Waals surface area contributed by atoms with Crippen molar-refractivity contribution in [2.24, 2.45) is 0 Å². The van der Waals surface area contributed by atoms with Crippen molar-refractivity contribution < 1.29 is 28.9 Å².